The molecule has 1 fully saturated rings. The van der Waals surface area contributed by atoms with Gasteiger partial charge in [0, 0.05) is 11.6 Å². The van der Waals surface area contributed by atoms with Gasteiger partial charge in [-0.25, -0.2) is 0 Å². The maximum atomic E-state index is 12.9. The molecule has 1 aromatic carbocycles. The molecule has 25 heavy (non-hydrogen) atoms. The second-order valence-corrected chi connectivity index (χ2v) is 6.48. The standard InChI is InChI=1S/C16H19ClF3N3O2/c1-9(23-6-4-10(5-7-23)14(21)24)15(25)22-11-2-3-13(17)12(8-11)16(18,19)20/h2-3,8-10H,4-7H2,1H3,(H2,21,24)(H,22,25)/t9-/m0/s1. The third-order valence-corrected chi connectivity index (χ3v) is 4.73. The van der Waals surface area contributed by atoms with E-state index in [4.69, 9.17) is 17.3 Å². The molecule has 138 valence electrons. The topological polar surface area (TPSA) is 75.4 Å². The van der Waals surface area contributed by atoms with E-state index in [2.05, 4.69) is 5.32 Å². The average molecular weight is 378 g/mol. The molecule has 0 unspecified atom stereocenters. The molecule has 0 aliphatic carbocycles. The van der Waals surface area contributed by atoms with E-state index in [-0.39, 0.29) is 17.5 Å². The molecule has 1 aliphatic heterocycles. The van der Waals surface area contributed by atoms with Crippen LogP contribution in [0.3, 0.4) is 0 Å². The van der Waals surface area contributed by atoms with Crippen molar-refractivity contribution in [3.63, 3.8) is 0 Å². The summed E-state index contributed by atoms with van der Waals surface area (Å²) in [4.78, 5) is 25.4. The van der Waals surface area contributed by atoms with E-state index >= 15 is 0 Å². The van der Waals surface area contributed by atoms with Gasteiger partial charge in [-0.3, -0.25) is 14.5 Å². The highest BCUT2D eigenvalue weighted by atomic mass is 35.5. The van der Waals surface area contributed by atoms with Gasteiger partial charge in [0.15, 0.2) is 0 Å². The fourth-order valence-electron chi connectivity index (χ4n) is 2.80. The minimum absolute atomic E-state index is 0.0283. The third-order valence-electron chi connectivity index (χ3n) is 4.40. The summed E-state index contributed by atoms with van der Waals surface area (Å²) < 4.78 is 38.6. The molecule has 5 nitrogen and oxygen atoms in total. The van der Waals surface area contributed by atoms with Crippen LogP contribution in [0.4, 0.5) is 18.9 Å². The van der Waals surface area contributed by atoms with Crippen molar-refractivity contribution in [1.29, 1.82) is 0 Å². The quantitative estimate of drug-likeness (QED) is 0.847. The normalized spacial score (nSPS) is 18.0. The number of carbonyl (C=O) groups excluding carboxylic acids is 2. The zero-order valence-electron chi connectivity index (χ0n) is 13.6. The highest BCUT2D eigenvalue weighted by molar-refractivity contribution is 6.31. The molecular weight excluding hydrogens is 359 g/mol. The maximum Gasteiger partial charge on any atom is 0.417 e. The van der Waals surface area contributed by atoms with Gasteiger partial charge in [0.05, 0.1) is 16.6 Å². The molecule has 9 heteroatoms. The number of anilines is 1. The Morgan fingerprint density at radius 1 is 1.32 bits per heavy atom. The number of alkyl halides is 3. The van der Waals surface area contributed by atoms with Gasteiger partial charge in [-0.15, -0.1) is 0 Å². The largest absolute Gasteiger partial charge is 0.417 e. The van der Waals surface area contributed by atoms with Crippen LogP contribution in [0.5, 0.6) is 0 Å². The number of likely N-dealkylation sites (tertiary alicyclic amines) is 1. The predicted molar refractivity (Wildman–Crippen MR) is 88.0 cm³/mol. The summed E-state index contributed by atoms with van der Waals surface area (Å²) in [5.74, 6) is -0.970. The number of hydrogen-bond donors (Lipinski definition) is 2. The summed E-state index contributed by atoms with van der Waals surface area (Å²) in [6.45, 7) is 2.72. The summed E-state index contributed by atoms with van der Waals surface area (Å²) in [7, 11) is 0. The van der Waals surface area contributed by atoms with Gasteiger partial charge in [-0.05, 0) is 51.1 Å². The third kappa shape index (κ3) is 4.85. The molecule has 2 amide bonds. The van der Waals surface area contributed by atoms with Gasteiger partial charge in [-0.1, -0.05) is 11.6 Å². The van der Waals surface area contributed by atoms with E-state index in [9.17, 15) is 22.8 Å². The summed E-state index contributed by atoms with van der Waals surface area (Å²) in [5, 5.41) is 2.06. The van der Waals surface area contributed by atoms with Crippen molar-refractivity contribution in [2.24, 2.45) is 11.7 Å². The second kappa shape index (κ2) is 7.61. The zero-order chi connectivity index (χ0) is 18.8. The lowest BCUT2D eigenvalue weighted by Crippen LogP contribution is -2.47. The molecule has 0 radical (unpaired) electrons. The highest BCUT2D eigenvalue weighted by Crippen LogP contribution is 2.36. The minimum atomic E-state index is -4.60. The van der Waals surface area contributed by atoms with E-state index < -0.39 is 28.7 Å². The van der Waals surface area contributed by atoms with Crippen molar-refractivity contribution < 1.29 is 22.8 Å². The number of nitrogens with one attached hydrogen (secondary N) is 1. The number of primary amides is 1. The predicted octanol–water partition coefficient (Wildman–Crippen LogP) is 2.88. The number of rotatable bonds is 4. The number of hydrogen-bond acceptors (Lipinski definition) is 3. The number of piperidine rings is 1. The van der Waals surface area contributed by atoms with E-state index in [1.165, 1.54) is 6.07 Å². The van der Waals surface area contributed by atoms with Gasteiger partial charge in [0.1, 0.15) is 0 Å². The molecule has 0 aromatic heterocycles. The van der Waals surface area contributed by atoms with Crippen molar-refractivity contribution in [2.45, 2.75) is 32.0 Å². The number of benzene rings is 1. The monoisotopic (exact) mass is 377 g/mol. The van der Waals surface area contributed by atoms with Crippen LogP contribution in [0.15, 0.2) is 18.2 Å². The number of nitrogens with two attached hydrogens (primary N) is 1. The van der Waals surface area contributed by atoms with Crippen LogP contribution in [0.1, 0.15) is 25.3 Å². The van der Waals surface area contributed by atoms with Crippen molar-refractivity contribution in [2.75, 3.05) is 18.4 Å². The van der Waals surface area contributed by atoms with Gasteiger partial charge in [0.25, 0.3) is 0 Å². The van der Waals surface area contributed by atoms with Crippen LogP contribution in [0.2, 0.25) is 5.02 Å². The maximum absolute atomic E-state index is 12.9. The van der Waals surface area contributed by atoms with Gasteiger partial charge in [0.2, 0.25) is 11.8 Å². The second-order valence-electron chi connectivity index (χ2n) is 6.07. The highest BCUT2D eigenvalue weighted by Gasteiger charge is 2.34. The first kappa shape index (κ1) is 19.5. The molecule has 1 heterocycles. The Labute approximate surface area is 148 Å². The average Bonchev–Trinajstić information content (AvgIpc) is 2.55. The van der Waals surface area contributed by atoms with Gasteiger partial charge >= 0.3 is 6.18 Å². The first-order valence-electron chi connectivity index (χ1n) is 7.80. The molecule has 1 saturated heterocycles. The molecule has 2 rings (SSSR count). The fraction of sp³-hybridized carbons (Fsp3) is 0.500. The summed E-state index contributed by atoms with van der Waals surface area (Å²) >= 11 is 5.56. The molecule has 1 aromatic rings. The van der Waals surface area contributed by atoms with Crippen molar-refractivity contribution in [1.82, 2.24) is 4.90 Å². The Balaban J connectivity index is 2.01. The minimum Gasteiger partial charge on any atom is -0.369 e. The zero-order valence-corrected chi connectivity index (χ0v) is 14.3. The Kier molecular flexibility index (Phi) is 5.95. The summed E-state index contributed by atoms with van der Waals surface area (Å²) in [5.41, 5.74) is 4.30. The molecule has 3 N–H and O–H groups in total. The molecule has 0 bridgehead atoms. The van der Waals surface area contributed by atoms with Crippen LogP contribution < -0.4 is 11.1 Å². The summed E-state index contributed by atoms with van der Waals surface area (Å²) in [6, 6.07) is 2.69. The van der Waals surface area contributed by atoms with Crippen molar-refractivity contribution >= 4 is 29.1 Å². The Bertz CT molecular complexity index is 659. The van der Waals surface area contributed by atoms with Crippen molar-refractivity contribution in [3.8, 4) is 0 Å². The number of halogens is 4. The molecule has 0 saturated carbocycles. The number of nitrogens with zero attached hydrogens (tertiary/aromatic N) is 1. The number of amides is 2. The summed E-state index contributed by atoms with van der Waals surface area (Å²) in [6.07, 6.45) is -3.47. The Hall–Kier alpha value is -1.80. The van der Waals surface area contributed by atoms with Crippen LogP contribution in [0.25, 0.3) is 0 Å². The van der Waals surface area contributed by atoms with Crippen LogP contribution in [-0.4, -0.2) is 35.8 Å². The lowest BCUT2D eigenvalue weighted by atomic mass is 9.95. The van der Waals surface area contributed by atoms with Gasteiger partial charge < -0.3 is 11.1 Å². The Morgan fingerprint density at radius 3 is 2.44 bits per heavy atom. The van der Waals surface area contributed by atoms with Crippen LogP contribution in [0, 0.1) is 5.92 Å². The lowest BCUT2D eigenvalue weighted by molar-refractivity contribution is -0.137. The Morgan fingerprint density at radius 2 is 1.92 bits per heavy atom. The lowest BCUT2D eigenvalue weighted by Gasteiger charge is -2.34. The van der Waals surface area contributed by atoms with Crippen molar-refractivity contribution in [3.05, 3.63) is 28.8 Å². The molecule has 0 spiro atoms. The van der Waals surface area contributed by atoms with Gasteiger partial charge in [-0.2, -0.15) is 13.2 Å². The van der Waals surface area contributed by atoms with Crippen LogP contribution in [-0.2, 0) is 15.8 Å². The first-order chi connectivity index (χ1) is 11.6. The van der Waals surface area contributed by atoms with Crippen LogP contribution >= 0.6 is 11.6 Å². The fourth-order valence-corrected chi connectivity index (χ4v) is 3.03. The SMILES string of the molecule is C[C@@H](C(=O)Nc1ccc(Cl)c(C(F)(F)F)c1)N1CCC(C(N)=O)CC1. The smallest absolute Gasteiger partial charge is 0.369 e. The molecular formula is C16H19ClF3N3O2. The van der Waals surface area contributed by atoms with E-state index in [1.807, 2.05) is 4.90 Å². The first-order valence-corrected chi connectivity index (χ1v) is 8.18. The van der Waals surface area contributed by atoms with E-state index in [0.29, 0.717) is 25.9 Å². The number of carbonyl (C=O) groups is 2. The van der Waals surface area contributed by atoms with E-state index in [1.54, 1.807) is 6.92 Å². The molecule has 1 aliphatic rings. The van der Waals surface area contributed by atoms with E-state index in [0.717, 1.165) is 12.1 Å². The molecule has 1 atom stereocenters.